The van der Waals surface area contributed by atoms with E-state index in [0.29, 0.717) is 12.9 Å². The zero-order valence-electron chi connectivity index (χ0n) is 9.12. The Labute approximate surface area is 85.9 Å². The van der Waals surface area contributed by atoms with Crippen molar-refractivity contribution in [2.75, 3.05) is 33.1 Å². The van der Waals surface area contributed by atoms with Gasteiger partial charge in [-0.2, -0.15) is 0 Å². The standard InChI is InChI=1S/C10H21NO3/c1-3-13-9(2)6-11-7-10-4-5-12-8-14-10/h9-11H,3-8H2,1-2H3. The lowest BCUT2D eigenvalue weighted by Crippen LogP contribution is -2.37. The quantitative estimate of drug-likeness (QED) is 0.692. The molecule has 0 aromatic heterocycles. The lowest BCUT2D eigenvalue weighted by Gasteiger charge is -2.23. The van der Waals surface area contributed by atoms with Crippen molar-refractivity contribution in [3.05, 3.63) is 0 Å². The van der Waals surface area contributed by atoms with Crippen LogP contribution in [-0.2, 0) is 14.2 Å². The molecule has 1 saturated heterocycles. The molecule has 14 heavy (non-hydrogen) atoms. The first-order valence-electron chi connectivity index (χ1n) is 5.34. The monoisotopic (exact) mass is 203 g/mol. The highest BCUT2D eigenvalue weighted by atomic mass is 16.7. The summed E-state index contributed by atoms with van der Waals surface area (Å²) in [6, 6.07) is 0. The molecule has 0 aromatic rings. The van der Waals surface area contributed by atoms with Gasteiger partial charge in [-0.1, -0.05) is 0 Å². The van der Waals surface area contributed by atoms with Gasteiger partial charge in [0, 0.05) is 19.7 Å². The molecule has 0 saturated carbocycles. The normalized spacial score (nSPS) is 24.9. The first kappa shape index (κ1) is 11.9. The predicted octanol–water partition coefficient (Wildman–Crippen LogP) is 0.764. The van der Waals surface area contributed by atoms with E-state index in [9.17, 15) is 0 Å². The van der Waals surface area contributed by atoms with Crippen LogP contribution >= 0.6 is 0 Å². The summed E-state index contributed by atoms with van der Waals surface area (Å²) in [6.45, 7) is 7.88. The highest BCUT2D eigenvalue weighted by Gasteiger charge is 2.13. The van der Waals surface area contributed by atoms with Gasteiger partial charge in [0.15, 0.2) is 0 Å². The summed E-state index contributed by atoms with van der Waals surface area (Å²) in [5.41, 5.74) is 0. The van der Waals surface area contributed by atoms with E-state index in [4.69, 9.17) is 14.2 Å². The number of hydrogen-bond acceptors (Lipinski definition) is 4. The average molecular weight is 203 g/mol. The Morgan fingerprint density at radius 3 is 3.07 bits per heavy atom. The summed E-state index contributed by atoms with van der Waals surface area (Å²) in [6.07, 6.45) is 1.56. The van der Waals surface area contributed by atoms with Crippen LogP contribution in [-0.4, -0.2) is 45.3 Å². The molecule has 2 atom stereocenters. The first-order chi connectivity index (χ1) is 6.83. The summed E-state index contributed by atoms with van der Waals surface area (Å²) in [5.74, 6) is 0. The largest absolute Gasteiger partial charge is 0.377 e. The Balaban J connectivity index is 1.96. The molecule has 1 aliphatic rings. The topological polar surface area (TPSA) is 39.7 Å². The van der Waals surface area contributed by atoms with Crippen molar-refractivity contribution in [1.29, 1.82) is 0 Å². The van der Waals surface area contributed by atoms with Crippen LogP contribution < -0.4 is 5.32 Å². The SMILES string of the molecule is CCOC(C)CNCC1CCOCO1. The minimum absolute atomic E-state index is 0.278. The van der Waals surface area contributed by atoms with E-state index in [1.807, 2.05) is 6.92 Å². The Bertz CT molecular complexity index is 137. The van der Waals surface area contributed by atoms with Crippen molar-refractivity contribution in [3.8, 4) is 0 Å². The molecule has 84 valence electrons. The molecule has 1 fully saturated rings. The number of hydrogen-bond donors (Lipinski definition) is 1. The van der Waals surface area contributed by atoms with Gasteiger partial charge in [0.05, 0.1) is 18.8 Å². The van der Waals surface area contributed by atoms with Gasteiger partial charge in [-0.25, -0.2) is 0 Å². The van der Waals surface area contributed by atoms with Crippen molar-refractivity contribution < 1.29 is 14.2 Å². The van der Waals surface area contributed by atoms with Gasteiger partial charge < -0.3 is 19.5 Å². The van der Waals surface area contributed by atoms with Crippen LogP contribution in [0.1, 0.15) is 20.3 Å². The highest BCUT2D eigenvalue weighted by molar-refractivity contribution is 4.65. The Hall–Kier alpha value is -0.160. The number of nitrogens with one attached hydrogen (secondary N) is 1. The number of rotatable bonds is 6. The van der Waals surface area contributed by atoms with E-state index in [1.165, 1.54) is 0 Å². The summed E-state index contributed by atoms with van der Waals surface area (Å²) in [5, 5.41) is 3.33. The van der Waals surface area contributed by atoms with E-state index in [-0.39, 0.29) is 6.10 Å². The van der Waals surface area contributed by atoms with Gasteiger partial charge in [0.25, 0.3) is 0 Å². The molecule has 0 aromatic carbocycles. The van der Waals surface area contributed by atoms with E-state index >= 15 is 0 Å². The zero-order valence-corrected chi connectivity index (χ0v) is 9.12. The lowest BCUT2D eigenvalue weighted by molar-refractivity contribution is -0.137. The fourth-order valence-electron chi connectivity index (χ4n) is 1.45. The molecule has 0 amide bonds. The van der Waals surface area contributed by atoms with Crippen LogP contribution in [0.3, 0.4) is 0 Å². The Kier molecular flexibility index (Phi) is 6.10. The molecule has 4 nitrogen and oxygen atoms in total. The highest BCUT2D eigenvalue weighted by Crippen LogP contribution is 2.04. The van der Waals surface area contributed by atoms with Crippen LogP contribution in [0.4, 0.5) is 0 Å². The van der Waals surface area contributed by atoms with Crippen LogP contribution in [0, 0.1) is 0 Å². The zero-order chi connectivity index (χ0) is 10.2. The molecule has 1 aliphatic heterocycles. The third-order valence-electron chi connectivity index (χ3n) is 2.23. The van der Waals surface area contributed by atoms with Crippen LogP contribution in [0.2, 0.25) is 0 Å². The van der Waals surface area contributed by atoms with Crippen molar-refractivity contribution in [2.24, 2.45) is 0 Å². The van der Waals surface area contributed by atoms with Crippen molar-refractivity contribution in [3.63, 3.8) is 0 Å². The maximum atomic E-state index is 5.40. The predicted molar refractivity (Wildman–Crippen MR) is 54.3 cm³/mol. The second-order valence-electron chi connectivity index (χ2n) is 3.53. The smallest absolute Gasteiger partial charge is 0.147 e. The number of ether oxygens (including phenoxy) is 3. The Morgan fingerprint density at radius 2 is 2.43 bits per heavy atom. The van der Waals surface area contributed by atoms with Crippen molar-refractivity contribution in [2.45, 2.75) is 32.5 Å². The second kappa shape index (κ2) is 7.17. The Morgan fingerprint density at radius 1 is 1.57 bits per heavy atom. The van der Waals surface area contributed by atoms with Gasteiger partial charge in [0.1, 0.15) is 6.79 Å². The molecular weight excluding hydrogens is 182 g/mol. The molecule has 4 heteroatoms. The van der Waals surface area contributed by atoms with Crippen LogP contribution in [0.25, 0.3) is 0 Å². The summed E-state index contributed by atoms with van der Waals surface area (Å²) in [7, 11) is 0. The minimum Gasteiger partial charge on any atom is -0.377 e. The molecule has 0 radical (unpaired) electrons. The molecule has 2 unspecified atom stereocenters. The van der Waals surface area contributed by atoms with Crippen molar-refractivity contribution in [1.82, 2.24) is 5.32 Å². The van der Waals surface area contributed by atoms with Crippen molar-refractivity contribution >= 4 is 0 Å². The second-order valence-corrected chi connectivity index (χ2v) is 3.53. The van der Waals surface area contributed by atoms with E-state index in [1.54, 1.807) is 0 Å². The summed E-state index contributed by atoms with van der Waals surface area (Å²) in [4.78, 5) is 0. The maximum absolute atomic E-state index is 5.40. The van der Waals surface area contributed by atoms with Crippen LogP contribution in [0.15, 0.2) is 0 Å². The van der Waals surface area contributed by atoms with Gasteiger partial charge in [-0.3, -0.25) is 0 Å². The molecule has 1 rings (SSSR count). The molecule has 0 aliphatic carbocycles. The van der Waals surface area contributed by atoms with Gasteiger partial charge in [-0.15, -0.1) is 0 Å². The van der Waals surface area contributed by atoms with Crippen LogP contribution in [0.5, 0.6) is 0 Å². The average Bonchev–Trinajstić information content (AvgIpc) is 2.20. The molecule has 1 N–H and O–H groups in total. The molecule has 1 heterocycles. The van der Waals surface area contributed by atoms with E-state index < -0.39 is 0 Å². The third kappa shape index (κ3) is 4.91. The summed E-state index contributed by atoms with van der Waals surface area (Å²) < 4.78 is 15.9. The van der Waals surface area contributed by atoms with E-state index in [2.05, 4.69) is 12.2 Å². The lowest BCUT2D eigenvalue weighted by atomic mass is 10.2. The fraction of sp³-hybridized carbons (Fsp3) is 1.00. The summed E-state index contributed by atoms with van der Waals surface area (Å²) >= 11 is 0. The van der Waals surface area contributed by atoms with E-state index in [0.717, 1.165) is 32.7 Å². The first-order valence-corrected chi connectivity index (χ1v) is 5.34. The van der Waals surface area contributed by atoms with Gasteiger partial charge >= 0.3 is 0 Å². The molecular formula is C10H21NO3. The third-order valence-corrected chi connectivity index (χ3v) is 2.23. The molecule has 0 spiro atoms. The fourth-order valence-corrected chi connectivity index (χ4v) is 1.45. The minimum atomic E-state index is 0.278. The van der Waals surface area contributed by atoms with Gasteiger partial charge in [-0.05, 0) is 20.3 Å². The molecule has 0 bridgehead atoms. The maximum Gasteiger partial charge on any atom is 0.147 e. The van der Waals surface area contributed by atoms with Gasteiger partial charge in [0.2, 0.25) is 0 Å².